The van der Waals surface area contributed by atoms with Crippen LogP contribution in [0.5, 0.6) is 0 Å². The number of likely N-dealkylation sites (tertiary alicyclic amines) is 1. The number of aldehydes is 1. The first kappa shape index (κ1) is 28.1. The summed E-state index contributed by atoms with van der Waals surface area (Å²) in [5, 5.41) is 3.38. The van der Waals surface area contributed by atoms with Gasteiger partial charge in [-0.2, -0.15) is 0 Å². The Balaban J connectivity index is 0.00000100. The van der Waals surface area contributed by atoms with Crippen LogP contribution >= 0.6 is 0 Å². The topological polar surface area (TPSA) is 52.7 Å². The molecule has 3 aliphatic rings. The van der Waals surface area contributed by atoms with Crippen LogP contribution in [-0.2, 0) is 9.59 Å². The molecule has 0 atom stereocenters. The van der Waals surface area contributed by atoms with E-state index in [9.17, 15) is 9.59 Å². The van der Waals surface area contributed by atoms with Crippen LogP contribution in [0.3, 0.4) is 0 Å². The molecule has 1 amide bonds. The molecule has 1 aliphatic carbocycles. The summed E-state index contributed by atoms with van der Waals surface area (Å²) in [6.07, 6.45) is 7.16. The number of rotatable bonds is 5. The molecule has 0 unspecified atom stereocenters. The number of piperazine rings is 1. The number of hydrogen-bond acceptors (Lipinski definition) is 4. The number of amides is 1. The summed E-state index contributed by atoms with van der Waals surface area (Å²) < 4.78 is 0. The minimum atomic E-state index is 0.185. The summed E-state index contributed by atoms with van der Waals surface area (Å²) in [5.41, 5.74) is 0. The van der Waals surface area contributed by atoms with Crippen molar-refractivity contribution in [3.8, 4) is 0 Å². The molecule has 0 aromatic heterocycles. The molecule has 0 aromatic rings. The zero-order valence-electron chi connectivity index (χ0n) is 20.2. The van der Waals surface area contributed by atoms with Gasteiger partial charge in [0.25, 0.3) is 0 Å². The Morgan fingerprint density at radius 1 is 0.966 bits per heavy atom. The van der Waals surface area contributed by atoms with Gasteiger partial charge in [0, 0.05) is 51.1 Å². The van der Waals surface area contributed by atoms with E-state index in [-0.39, 0.29) is 11.8 Å². The number of carbonyl (C=O) groups is 2. The van der Waals surface area contributed by atoms with Crippen molar-refractivity contribution in [2.24, 2.45) is 17.8 Å². The molecule has 0 spiro atoms. The maximum atomic E-state index is 12.4. The van der Waals surface area contributed by atoms with Gasteiger partial charge in [-0.15, -0.1) is 0 Å². The second kappa shape index (κ2) is 17.9. The Hall–Kier alpha value is -0.940. The second-order valence-corrected chi connectivity index (χ2v) is 7.94. The lowest BCUT2D eigenvalue weighted by molar-refractivity contribution is -0.144. The fourth-order valence-electron chi connectivity index (χ4n) is 3.99. The van der Waals surface area contributed by atoms with Crippen molar-refractivity contribution in [1.29, 1.82) is 0 Å². The molecule has 5 nitrogen and oxygen atoms in total. The Morgan fingerprint density at radius 2 is 1.48 bits per heavy atom. The summed E-state index contributed by atoms with van der Waals surface area (Å²) in [6.45, 7) is 19.9. The number of nitrogens with zero attached hydrogens (tertiary/aromatic N) is 2. The zero-order valence-corrected chi connectivity index (χ0v) is 20.2. The summed E-state index contributed by atoms with van der Waals surface area (Å²) in [4.78, 5) is 27.8. The van der Waals surface area contributed by atoms with Crippen molar-refractivity contribution in [2.45, 2.75) is 80.1 Å². The van der Waals surface area contributed by atoms with Gasteiger partial charge in [-0.3, -0.25) is 4.79 Å². The number of nitrogens with one attached hydrogen (secondary N) is 1. The molecule has 2 aliphatic heterocycles. The van der Waals surface area contributed by atoms with E-state index in [1.807, 2.05) is 32.6 Å². The normalized spacial score (nSPS) is 24.4. The Morgan fingerprint density at radius 3 is 1.97 bits per heavy atom. The average molecular weight is 412 g/mol. The molecule has 1 saturated carbocycles. The SMILES string of the molecule is CC.CC.CCC.O=CC1CCC(C(=O)N2CC(CCN3CCNCC3)C2)CC1. The molecule has 2 heterocycles. The first-order chi connectivity index (χ1) is 14.2. The first-order valence-corrected chi connectivity index (χ1v) is 12.3. The molecule has 1 N–H and O–H groups in total. The predicted molar refractivity (Wildman–Crippen MR) is 124 cm³/mol. The minimum Gasteiger partial charge on any atom is -0.342 e. The van der Waals surface area contributed by atoms with Gasteiger partial charge in [0.15, 0.2) is 0 Å². The Kier molecular flexibility index (Phi) is 17.3. The van der Waals surface area contributed by atoms with Gasteiger partial charge < -0.3 is 19.9 Å². The van der Waals surface area contributed by atoms with Gasteiger partial charge >= 0.3 is 0 Å². The monoisotopic (exact) mass is 411 g/mol. The van der Waals surface area contributed by atoms with E-state index in [1.54, 1.807) is 0 Å². The standard InChI is InChI=1S/C17H29N3O2.C3H8.2C2H6/c21-13-14-1-3-16(4-2-14)17(22)20-11-15(12-20)5-8-19-9-6-18-7-10-19;1-3-2;2*1-2/h13-16,18H,1-12H2;3H2,1-2H3;2*1-2H3. The first-order valence-electron chi connectivity index (χ1n) is 12.3. The third-order valence-electron chi connectivity index (χ3n) is 5.65. The van der Waals surface area contributed by atoms with Crippen molar-refractivity contribution in [3.63, 3.8) is 0 Å². The minimum absolute atomic E-state index is 0.185. The number of carbonyl (C=O) groups excluding carboxylic acids is 2. The quantitative estimate of drug-likeness (QED) is 0.689. The second-order valence-electron chi connectivity index (χ2n) is 7.94. The molecular formula is C24H49N3O2. The molecule has 29 heavy (non-hydrogen) atoms. The van der Waals surface area contributed by atoms with Crippen molar-refractivity contribution in [2.75, 3.05) is 45.8 Å². The van der Waals surface area contributed by atoms with Crippen molar-refractivity contribution < 1.29 is 9.59 Å². The van der Waals surface area contributed by atoms with Crippen LogP contribution in [-0.4, -0.2) is 67.8 Å². The summed E-state index contributed by atoms with van der Waals surface area (Å²) >= 11 is 0. The molecule has 0 aromatic carbocycles. The third-order valence-corrected chi connectivity index (χ3v) is 5.65. The van der Waals surface area contributed by atoms with Gasteiger partial charge in [-0.1, -0.05) is 48.0 Å². The highest BCUT2D eigenvalue weighted by molar-refractivity contribution is 5.79. The van der Waals surface area contributed by atoms with Crippen LogP contribution in [0.25, 0.3) is 0 Å². The van der Waals surface area contributed by atoms with E-state index in [0.717, 1.165) is 71.2 Å². The van der Waals surface area contributed by atoms with Crippen LogP contribution in [0.4, 0.5) is 0 Å². The largest absolute Gasteiger partial charge is 0.342 e. The Labute approximate surface area is 181 Å². The summed E-state index contributed by atoms with van der Waals surface area (Å²) in [7, 11) is 0. The van der Waals surface area contributed by atoms with E-state index in [4.69, 9.17) is 0 Å². The predicted octanol–water partition coefficient (Wildman–Crippen LogP) is 4.21. The zero-order chi connectivity index (χ0) is 22.1. The van der Waals surface area contributed by atoms with Gasteiger partial charge in [-0.25, -0.2) is 0 Å². The lowest BCUT2D eigenvalue weighted by atomic mass is 9.81. The fraction of sp³-hybridized carbons (Fsp3) is 0.917. The maximum absolute atomic E-state index is 12.4. The van der Waals surface area contributed by atoms with E-state index in [2.05, 4.69) is 24.1 Å². The molecular weight excluding hydrogens is 362 g/mol. The molecule has 5 heteroatoms. The summed E-state index contributed by atoms with van der Waals surface area (Å²) in [6, 6.07) is 0. The van der Waals surface area contributed by atoms with Gasteiger partial charge in [0.1, 0.15) is 6.29 Å². The van der Waals surface area contributed by atoms with Gasteiger partial charge in [0.2, 0.25) is 5.91 Å². The highest BCUT2D eigenvalue weighted by atomic mass is 16.2. The highest BCUT2D eigenvalue weighted by Crippen LogP contribution is 2.31. The van der Waals surface area contributed by atoms with Gasteiger partial charge in [0.05, 0.1) is 0 Å². The molecule has 3 rings (SSSR count). The van der Waals surface area contributed by atoms with E-state index in [0.29, 0.717) is 11.8 Å². The van der Waals surface area contributed by atoms with Gasteiger partial charge in [-0.05, 0) is 44.6 Å². The highest BCUT2D eigenvalue weighted by Gasteiger charge is 2.35. The molecule has 0 bridgehead atoms. The molecule has 0 radical (unpaired) electrons. The average Bonchev–Trinajstić information content (AvgIpc) is 2.76. The smallest absolute Gasteiger partial charge is 0.225 e. The van der Waals surface area contributed by atoms with Crippen molar-refractivity contribution >= 4 is 12.2 Å². The van der Waals surface area contributed by atoms with Crippen LogP contribution < -0.4 is 5.32 Å². The van der Waals surface area contributed by atoms with Crippen molar-refractivity contribution in [1.82, 2.24) is 15.1 Å². The lowest BCUT2D eigenvalue weighted by Crippen LogP contribution is -2.53. The van der Waals surface area contributed by atoms with Crippen LogP contribution in [0, 0.1) is 17.8 Å². The van der Waals surface area contributed by atoms with E-state index >= 15 is 0 Å². The van der Waals surface area contributed by atoms with Crippen LogP contribution in [0.2, 0.25) is 0 Å². The Bertz CT molecular complexity index is 397. The molecule has 2 saturated heterocycles. The maximum Gasteiger partial charge on any atom is 0.225 e. The molecule has 172 valence electrons. The lowest BCUT2D eigenvalue weighted by Gasteiger charge is -2.43. The van der Waals surface area contributed by atoms with E-state index in [1.165, 1.54) is 19.4 Å². The van der Waals surface area contributed by atoms with E-state index < -0.39 is 0 Å². The summed E-state index contributed by atoms with van der Waals surface area (Å²) in [5.74, 6) is 1.44. The van der Waals surface area contributed by atoms with Crippen LogP contribution in [0.1, 0.15) is 80.1 Å². The van der Waals surface area contributed by atoms with Crippen molar-refractivity contribution in [3.05, 3.63) is 0 Å². The molecule has 3 fully saturated rings. The fourth-order valence-corrected chi connectivity index (χ4v) is 3.99. The number of hydrogen-bond donors (Lipinski definition) is 1. The third kappa shape index (κ3) is 10.6. The van der Waals surface area contributed by atoms with Crippen LogP contribution in [0.15, 0.2) is 0 Å².